The Labute approximate surface area is 167 Å². The van der Waals surface area contributed by atoms with Gasteiger partial charge in [-0.05, 0) is 31.4 Å². The summed E-state index contributed by atoms with van der Waals surface area (Å²) in [5, 5.41) is 6.70. The van der Waals surface area contributed by atoms with E-state index in [1.54, 1.807) is 11.3 Å². The molecule has 1 aromatic carbocycles. The van der Waals surface area contributed by atoms with Gasteiger partial charge in [-0.25, -0.2) is 9.78 Å². The van der Waals surface area contributed by atoms with Crippen LogP contribution in [0.2, 0.25) is 0 Å². The van der Waals surface area contributed by atoms with Crippen molar-refractivity contribution in [3.8, 4) is 0 Å². The fourth-order valence-electron chi connectivity index (χ4n) is 4.00. The van der Waals surface area contributed by atoms with Gasteiger partial charge in [0.1, 0.15) is 5.54 Å². The number of para-hydroxylation sites is 1. The van der Waals surface area contributed by atoms with Crippen LogP contribution in [-0.4, -0.2) is 46.4 Å². The van der Waals surface area contributed by atoms with Gasteiger partial charge >= 0.3 is 6.03 Å². The minimum atomic E-state index is -0.655. The average molecular weight is 401 g/mol. The number of aromatic nitrogens is 1. The maximum Gasteiger partial charge on any atom is 0.325 e. The highest BCUT2D eigenvalue weighted by Crippen LogP contribution is 2.35. The molecule has 0 atom stereocenters. The molecule has 148 valence electrons. The molecular formula is C20H24N4O3S. The minimum Gasteiger partial charge on any atom is -0.356 e. The number of amides is 4. The number of thiazole rings is 1. The van der Waals surface area contributed by atoms with Crippen molar-refractivity contribution in [1.29, 1.82) is 0 Å². The van der Waals surface area contributed by atoms with E-state index in [1.165, 1.54) is 4.90 Å². The third kappa shape index (κ3) is 3.73. The van der Waals surface area contributed by atoms with E-state index in [4.69, 9.17) is 0 Å². The Kier molecular flexibility index (Phi) is 5.30. The van der Waals surface area contributed by atoms with Crippen molar-refractivity contribution < 1.29 is 14.4 Å². The van der Waals surface area contributed by atoms with Gasteiger partial charge in [0.15, 0.2) is 0 Å². The molecule has 8 heteroatoms. The van der Waals surface area contributed by atoms with Crippen LogP contribution in [0.5, 0.6) is 0 Å². The van der Waals surface area contributed by atoms with Gasteiger partial charge < -0.3 is 10.6 Å². The normalized spacial score (nSPS) is 18.2. The number of nitrogens with zero attached hydrogens (tertiary/aromatic N) is 2. The first-order valence-electron chi connectivity index (χ1n) is 9.83. The van der Waals surface area contributed by atoms with E-state index < -0.39 is 5.54 Å². The fraction of sp³-hybridized carbons (Fsp3) is 0.500. The Hall–Kier alpha value is -2.48. The van der Waals surface area contributed by atoms with Gasteiger partial charge in [-0.1, -0.05) is 25.0 Å². The molecule has 2 aliphatic rings. The maximum atomic E-state index is 12.6. The second-order valence-electron chi connectivity index (χ2n) is 7.45. The number of benzene rings is 1. The highest BCUT2D eigenvalue weighted by molar-refractivity contribution is 7.18. The lowest BCUT2D eigenvalue weighted by Gasteiger charge is -2.20. The summed E-state index contributed by atoms with van der Waals surface area (Å²) in [5.74, 6) is -0.138. The molecule has 7 nitrogen and oxygen atoms in total. The molecule has 1 aromatic heterocycles. The summed E-state index contributed by atoms with van der Waals surface area (Å²) in [6, 6.07) is 7.65. The number of hydrogen-bond donors (Lipinski definition) is 2. The molecule has 1 aliphatic carbocycles. The number of rotatable bonds is 7. The van der Waals surface area contributed by atoms with Gasteiger partial charge in [0.25, 0.3) is 5.91 Å². The Balaban J connectivity index is 1.18. The van der Waals surface area contributed by atoms with Crippen molar-refractivity contribution in [2.24, 2.45) is 0 Å². The van der Waals surface area contributed by atoms with Gasteiger partial charge in [-0.15, -0.1) is 11.3 Å². The van der Waals surface area contributed by atoms with Gasteiger partial charge in [-0.2, -0.15) is 0 Å². The summed E-state index contributed by atoms with van der Waals surface area (Å²) < 4.78 is 1.13. The summed E-state index contributed by atoms with van der Waals surface area (Å²) in [6.45, 7) is 0.785. The van der Waals surface area contributed by atoms with E-state index in [1.807, 2.05) is 24.3 Å². The van der Waals surface area contributed by atoms with E-state index in [2.05, 4.69) is 15.6 Å². The van der Waals surface area contributed by atoms with Crippen LogP contribution in [0.3, 0.4) is 0 Å². The molecule has 2 fully saturated rings. The van der Waals surface area contributed by atoms with Gasteiger partial charge in [0, 0.05) is 25.9 Å². The van der Waals surface area contributed by atoms with Gasteiger partial charge in [-0.3, -0.25) is 14.5 Å². The smallest absolute Gasteiger partial charge is 0.325 e. The van der Waals surface area contributed by atoms with Gasteiger partial charge in [0.05, 0.1) is 15.2 Å². The van der Waals surface area contributed by atoms with Crippen molar-refractivity contribution in [1.82, 2.24) is 20.5 Å². The fourth-order valence-corrected chi connectivity index (χ4v) is 4.96. The van der Waals surface area contributed by atoms with Crippen LogP contribution in [0.15, 0.2) is 24.3 Å². The van der Waals surface area contributed by atoms with Crippen LogP contribution in [0.4, 0.5) is 4.79 Å². The average Bonchev–Trinajstić information content (AvgIpc) is 3.37. The Bertz CT molecular complexity index is 871. The number of hydrogen-bond acceptors (Lipinski definition) is 5. The standard InChI is InChI=1S/C20H24N4O3S/c25-16(8-9-17-22-14-6-1-2-7-15(14)28-17)21-12-5-13-24-18(26)20(23-19(24)27)10-3-4-11-20/h1-2,6-7H,3-5,8-13H2,(H,21,25)(H,23,27). The second kappa shape index (κ2) is 7.87. The minimum absolute atomic E-state index is 0.0382. The summed E-state index contributed by atoms with van der Waals surface area (Å²) in [7, 11) is 0. The van der Waals surface area contributed by atoms with E-state index >= 15 is 0 Å². The predicted molar refractivity (Wildman–Crippen MR) is 107 cm³/mol. The molecule has 4 rings (SSSR count). The lowest BCUT2D eigenvalue weighted by Crippen LogP contribution is -2.44. The van der Waals surface area contributed by atoms with Crippen molar-refractivity contribution in [2.45, 2.75) is 50.5 Å². The lowest BCUT2D eigenvalue weighted by molar-refractivity contribution is -0.131. The van der Waals surface area contributed by atoms with Crippen LogP contribution in [-0.2, 0) is 16.0 Å². The highest BCUT2D eigenvalue weighted by Gasteiger charge is 2.51. The van der Waals surface area contributed by atoms with Crippen LogP contribution in [0.1, 0.15) is 43.5 Å². The predicted octanol–water partition coefficient (Wildman–Crippen LogP) is 2.60. The third-order valence-electron chi connectivity index (χ3n) is 5.49. The van der Waals surface area contributed by atoms with Crippen molar-refractivity contribution >= 4 is 39.4 Å². The van der Waals surface area contributed by atoms with Crippen molar-refractivity contribution in [3.05, 3.63) is 29.3 Å². The van der Waals surface area contributed by atoms with Crippen molar-refractivity contribution in [3.63, 3.8) is 0 Å². The molecule has 1 spiro atoms. The van der Waals surface area contributed by atoms with Crippen LogP contribution in [0, 0.1) is 0 Å². The largest absolute Gasteiger partial charge is 0.356 e. The lowest BCUT2D eigenvalue weighted by atomic mass is 9.98. The molecule has 4 amide bonds. The summed E-state index contributed by atoms with van der Waals surface area (Å²) >= 11 is 1.61. The Morgan fingerprint density at radius 1 is 1.25 bits per heavy atom. The van der Waals surface area contributed by atoms with Crippen LogP contribution < -0.4 is 10.6 Å². The van der Waals surface area contributed by atoms with Crippen LogP contribution in [0.25, 0.3) is 10.2 Å². The molecule has 0 radical (unpaired) electrons. The SMILES string of the molecule is O=C(CCc1nc2ccccc2s1)NCCCN1C(=O)NC2(CCCC2)C1=O. The molecule has 0 bridgehead atoms. The zero-order valence-electron chi connectivity index (χ0n) is 15.7. The summed E-state index contributed by atoms with van der Waals surface area (Å²) in [6.07, 6.45) is 4.97. The molecule has 1 aliphatic heterocycles. The number of aryl methyl sites for hydroxylation is 1. The van der Waals surface area contributed by atoms with E-state index in [0.29, 0.717) is 32.4 Å². The number of carbonyl (C=O) groups is 3. The first-order chi connectivity index (χ1) is 13.6. The zero-order chi connectivity index (χ0) is 19.6. The first kappa shape index (κ1) is 18.9. The highest BCUT2D eigenvalue weighted by atomic mass is 32.1. The molecule has 1 saturated heterocycles. The molecule has 2 N–H and O–H groups in total. The van der Waals surface area contributed by atoms with Crippen molar-refractivity contribution in [2.75, 3.05) is 13.1 Å². The molecule has 28 heavy (non-hydrogen) atoms. The summed E-state index contributed by atoms with van der Waals surface area (Å²) in [4.78, 5) is 42.6. The van der Waals surface area contributed by atoms with Crippen LogP contribution >= 0.6 is 11.3 Å². The zero-order valence-corrected chi connectivity index (χ0v) is 16.5. The Morgan fingerprint density at radius 2 is 2.04 bits per heavy atom. The quantitative estimate of drug-likeness (QED) is 0.552. The van der Waals surface area contributed by atoms with E-state index in [9.17, 15) is 14.4 Å². The number of carbonyl (C=O) groups excluding carboxylic acids is 3. The first-order valence-corrected chi connectivity index (χ1v) is 10.6. The second-order valence-corrected chi connectivity index (χ2v) is 8.57. The molecule has 2 heterocycles. The van der Waals surface area contributed by atoms with Gasteiger partial charge in [0.2, 0.25) is 5.91 Å². The molecule has 0 unspecified atom stereocenters. The number of nitrogens with one attached hydrogen (secondary N) is 2. The Morgan fingerprint density at radius 3 is 2.82 bits per heavy atom. The topological polar surface area (TPSA) is 91.4 Å². The number of imide groups is 1. The molecular weight excluding hydrogens is 376 g/mol. The third-order valence-corrected chi connectivity index (χ3v) is 6.58. The number of urea groups is 1. The maximum absolute atomic E-state index is 12.6. The van der Waals surface area contributed by atoms with E-state index in [0.717, 1.165) is 40.9 Å². The summed E-state index contributed by atoms with van der Waals surface area (Å²) in [5.41, 5.74) is 0.314. The monoisotopic (exact) mass is 400 g/mol. The number of fused-ring (bicyclic) bond motifs is 1. The molecule has 1 saturated carbocycles. The molecule has 2 aromatic rings. The van der Waals surface area contributed by atoms with E-state index in [-0.39, 0.29) is 17.8 Å².